The van der Waals surface area contributed by atoms with Crippen molar-refractivity contribution in [2.75, 3.05) is 0 Å². The third kappa shape index (κ3) is 3.15. The fourth-order valence-corrected chi connectivity index (χ4v) is 3.23. The normalized spacial score (nSPS) is 13.2. The molecule has 20 heavy (non-hydrogen) atoms. The Morgan fingerprint density at radius 1 is 1.25 bits per heavy atom. The number of nitrogens with one attached hydrogen (secondary N) is 1. The average Bonchev–Trinajstić information content (AvgIpc) is 2.42. The van der Waals surface area contributed by atoms with Crippen molar-refractivity contribution in [3.8, 4) is 0 Å². The maximum absolute atomic E-state index is 13.8. The van der Waals surface area contributed by atoms with Crippen LogP contribution in [0.1, 0.15) is 18.7 Å². The molecular formula is C13H12ClFN2O2S. The standard InChI is InChI=1S/C13H12ClFN2O2S/c1-9(11-6-2-3-8-16-11)17-20(18,19)12-7-4-5-10(14)13(12)15/h2-9,17H,1H3/t9-/m1/s1. The number of hydrogen-bond acceptors (Lipinski definition) is 3. The highest BCUT2D eigenvalue weighted by molar-refractivity contribution is 7.89. The van der Waals surface area contributed by atoms with Crippen molar-refractivity contribution in [2.45, 2.75) is 17.9 Å². The zero-order valence-corrected chi connectivity index (χ0v) is 12.1. The van der Waals surface area contributed by atoms with E-state index in [0.717, 1.165) is 6.07 Å². The Morgan fingerprint density at radius 3 is 2.65 bits per heavy atom. The van der Waals surface area contributed by atoms with Gasteiger partial charge in [-0.3, -0.25) is 4.98 Å². The number of pyridine rings is 1. The molecule has 1 aromatic heterocycles. The zero-order valence-electron chi connectivity index (χ0n) is 10.5. The summed E-state index contributed by atoms with van der Waals surface area (Å²) in [7, 11) is -4.01. The minimum Gasteiger partial charge on any atom is -0.260 e. The maximum Gasteiger partial charge on any atom is 0.244 e. The molecule has 0 saturated heterocycles. The number of rotatable bonds is 4. The van der Waals surface area contributed by atoms with E-state index in [2.05, 4.69) is 9.71 Å². The summed E-state index contributed by atoms with van der Waals surface area (Å²) in [4.78, 5) is 3.57. The van der Waals surface area contributed by atoms with E-state index in [1.807, 2.05) is 0 Å². The zero-order chi connectivity index (χ0) is 14.8. The first-order valence-electron chi connectivity index (χ1n) is 5.79. The molecule has 7 heteroatoms. The Bertz CT molecular complexity index is 708. The SMILES string of the molecule is C[C@@H](NS(=O)(=O)c1cccc(Cl)c1F)c1ccccn1. The van der Waals surface area contributed by atoms with Gasteiger partial charge >= 0.3 is 0 Å². The highest BCUT2D eigenvalue weighted by atomic mass is 35.5. The summed E-state index contributed by atoms with van der Waals surface area (Å²) in [6, 6.07) is 8.40. The van der Waals surface area contributed by atoms with Gasteiger partial charge in [0.05, 0.1) is 16.8 Å². The lowest BCUT2D eigenvalue weighted by molar-refractivity contribution is 0.545. The van der Waals surface area contributed by atoms with Gasteiger partial charge in [0.15, 0.2) is 5.82 Å². The summed E-state index contributed by atoms with van der Waals surface area (Å²) in [5, 5.41) is -0.238. The topological polar surface area (TPSA) is 59.1 Å². The average molecular weight is 315 g/mol. The number of nitrogens with zero attached hydrogens (tertiary/aromatic N) is 1. The predicted octanol–water partition coefficient (Wildman–Crippen LogP) is 2.91. The monoisotopic (exact) mass is 314 g/mol. The lowest BCUT2D eigenvalue weighted by Crippen LogP contribution is -2.28. The van der Waals surface area contributed by atoms with E-state index < -0.39 is 26.8 Å². The molecule has 1 aromatic carbocycles. The summed E-state index contributed by atoms with van der Waals surface area (Å²) < 4.78 is 40.5. The molecule has 2 rings (SSSR count). The van der Waals surface area contributed by atoms with Gasteiger partial charge in [-0.25, -0.2) is 17.5 Å². The van der Waals surface area contributed by atoms with Crippen molar-refractivity contribution < 1.29 is 12.8 Å². The molecule has 106 valence electrons. The molecule has 0 amide bonds. The van der Waals surface area contributed by atoms with Gasteiger partial charge < -0.3 is 0 Å². The van der Waals surface area contributed by atoms with Crippen LogP contribution in [-0.4, -0.2) is 13.4 Å². The molecule has 0 unspecified atom stereocenters. The van der Waals surface area contributed by atoms with Crippen LogP contribution in [0.3, 0.4) is 0 Å². The van der Waals surface area contributed by atoms with E-state index >= 15 is 0 Å². The number of sulfonamides is 1. The van der Waals surface area contributed by atoms with Gasteiger partial charge in [-0.15, -0.1) is 0 Å². The maximum atomic E-state index is 13.8. The molecule has 1 heterocycles. The third-order valence-corrected chi connectivity index (χ3v) is 4.52. The quantitative estimate of drug-likeness (QED) is 0.944. The number of hydrogen-bond donors (Lipinski definition) is 1. The molecule has 4 nitrogen and oxygen atoms in total. The van der Waals surface area contributed by atoms with Crippen LogP contribution in [0.4, 0.5) is 4.39 Å². The van der Waals surface area contributed by atoms with E-state index in [1.54, 1.807) is 31.3 Å². The molecule has 0 bridgehead atoms. The molecule has 2 aromatic rings. The number of aromatic nitrogens is 1. The van der Waals surface area contributed by atoms with E-state index in [9.17, 15) is 12.8 Å². The van der Waals surface area contributed by atoms with Crippen molar-refractivity contribution in [3.05, 3.63) is 59.1 Å². The predicted molar refractivity (Wildman–Crippen MR) is 74.4 cm³/mol. The Labute approximate surface area is 121 Å². The second-order valence-corrected chi connectivity index (χ2v) is 6.24. The van der Waals surface area contributed by atoms with E-state index in [1.165, 1.54) is 12.1 Å². The Kier molecular flexibility index (Phi) is 4.37. The number of halogens is 2. The second kappa shape index (κ2) is 5.87. The first kappa shape index (κ1) is 14.9. The van der Waals surface area contributed by atoms with E-state index in [-0.39, 0.29) is 5.02 Å². The summed E-state index contributed by atoms with van der Waals surface area (Å²) in [5.74, 6) is -0.963. The smallest absolute Gasteiger partial charge is 0.244 e. The van der Waals surface area contributed by atoms with Crippen LogP contribution in [0.15, 0.2) is 47.5 Å². The lowest BCUT2D eigenvalue weighted by Gasteiger charge is -2.14. The molecule has 1 N–H and O–H groups in total. The largest absolute Gasteiger partial charge is 0.260 e. The van der Waals surface area contributed by atoms with Gasteiger partial charge in [-0.2, -0.15) is 0 Å². The molecule has 0 fully saturated rings. The Balaban J connectivity index is 2.30. The van der Waals surface area contributed by atoms with Crippen LogP contribution in [0.25, 0.3) is 0 Å². The fraction of sp³-hybridized carbons (Fsp3) is 0.154. The summed E-state index contributed by atoms with van der Waals surface area (Å²) in [6.45, 7) is 1.63. The van der Waals surface area contributed by atoms with Crippen LogP contribution in [0.5, 0.6) is 0 Å². The highest BCUT2D eigenvalue weighted by Crippen LogP contribution is 2.23. The van der Waals surface area contributed by atoms with E-state index in [0.29, 0.717) is 5.69 Å². The van der Waals surface area contributed by atoms with Gasteiger partial charge in [0.1, 0.15) is 4.90 Å². The van der Waals surface area contributed by atoms with Crippen LogP contribution in [-0.2, 0) is 10.0 Å². The number of benzene rings is 1. The highest BCUT2D eigenvalue weighted by Gasteiger charge is 2.23. The van der Waals surface area contributed by atoms with Gasteiger partial charge in [0.25, 0.3) is 0 Å². The van der Waals surface area contributed by atoms with Crippen molar-refractivity contribution in [3.63, 3.8) is 0 Å². The summed E-state index contributed by atoms with van der Waals surface area (Å²) in [5.41, 5.74) is 0.540. The van der Waals surface area contributed by atoms with E-state index in [4.69, 9.17) is 11.6 Å². The van der Waals surface area contributed by atoms with Gasteiger partial charge in [-0.05, 0) is 31.2 Å². The van der Waals surface area contributed by atoms with Crippen LogP contribution in [0, 0.1) is 5.82 Å². The molecular weight excluding hydrogens is 303 g/mol. The van der Waals surface area contributed by atoms with Crippen molar-refractivity contribution in [1.29, 1.82) is 0 Å². The first-order valence-corrected chi connectivity index (χ1v) is 7.65. The van der Waals surface area contributed by atoms with Crippen LogP contribution in [0.2, 0.25) is 5.02 Å². The molecule has 1 atom stereocenters. The van der Waals surface area contributed by atoms with Gasteiger partial charge in [0.2, 0.25) is 10.0 Å². The summed E-state index contributed by atoms with van der Waals surface area (Å²) in [6.07, 6.45) is 1.56. The second-order valence-electron chi connectivity index (χ2n) is 4.15. The van der Waals surface area contributed by atoms with Gasteiger partial charge in [-0.1, -0.05) is 23.7 Å². The molecule has 0 spiro atoms. The lowest BCUT2D eigenvalue weighted by atomic mass is 10.2. The molecule has 0 aliphatic rings. The van der Waals surface area contributed by atoms with Crippen molar-refractivity contribution in [1.82, 2.24) is 9.71 Å². The molecule has 0 aliphatic carbocycles. The van der Waals surface area contributed by atoms with Crippen LogP contribution >= 0.6 is 11.6 Å². The van der Waals surface area contributed by atoms with Crippen LogP contribution < -0.4 is 4.72 Å². The molecule has 0 saturated carbocycles. The molecule has 0 aliphatic heterocycles. The van der Waals surface area contributed by atoms with Crippen molar-refractivity contribution in [2.24, 2.45) is 0 Å². The van der Waals surface area contributed by atoms with Gasteiger partial charge in [0, 0.05) is 6.20 Å². The Hall–Kier alpha value is -1.50. The van der Waals surface area contributed by atoms with Crippen molar-refractivity contribution >= 4 is 21.6 Å². The minimum atomic E-state index is -4.01. The minimum absolute atomic E-state index is 0.238. The fourth-order valence-electron chi connectivity index (χ4n) is 1.68. The molecule has 0 radical (unpaired) electrons. The third-order valence-electron chi connectivity index (χ3n) is 2.67. The Morgan fingerprint density at radius 2 is 2.00 bits per heavy atom. The summed E-state index contributed by atoms with van der Waals surface area (Å²) >= 11 is 5.59. The first-order chi connectivity index (χ1) is 9.42.